The molecule has 1 N–H and O–H groups in total. The number of nitrogens with one attached hydrogen (secondary N) is 1. The smallest absolute Gasteiger partial charge is 0.306 e. The molecular formula is C20H27NO5. The number of hydrogen-bond donors (Lipinski definition) is 1. The molecule has 2 rings (SSSR count). The van der Waals surface area contributed by atoms with Crippen LogP contribution in [0.15, 0.2) is 24.3 Å². The summed E-state index contributed by atoms with van der Waals surface area (Å²) in [6.07, 6.45) is 8.55. The third-order valence-electron chi connectivity index (χ3n) is 4.69. The van der Waals surface area contributed by atoms with E-state index >= 15 is 0 Å². The molecule has 0 aliphatic heterocycles. The first-order valence-corrected chi connectivity index (χ1v) is 9.22. The second kappa shape index (κ2) is 10.6. The lowest BCUT2D eigenvalue weighted by Gasteiger charge is -2.20. The van der Waals surface area contributed by atoms with Gasteiger partial charge in [0.15, 0.2) is 6.61 Å². The first-order valence-electron chi connectivity index (χ1n) is 9.22. The minimum absolute atomic E-state index is 0.316. The van der Waals surface area contributed by atoms with E-state index in [4.69, 9.17) is 9.47 Å². The van der Waals surface area contributed by atoms with Crippen LogP contribution in [0.3, 0.4) is 0 Å². The van der Waals surface area contributed by atoms with Gasteiger partial charge < -0.3 is 9.47 Å². The molecule has 26 heavy (non-hydrogen) atoms. The van der Waals surface area contributed by atoms with Crippen LogP contribution in [0.2, 0.25) is 0 Å². The van der Waals surface area contributed by atoms with Crippen molar-refractivity contribution in [1.82, 2.24) is 5.32 Å². The van der Waals surface area contributed by atoms with E-state index in [1.54, 1.807) is 24.3 Å². The first-order chi connectivity index (χ1) is 12.6. The summed E-state index contributed by atoms with van der Waals surface area (Å²) in [5, 5.41) is 2.20. The molecule has 0 spiro atoms. The minimum atomic E-state index is -0.633. The van der Waals surface area contributed by atoms with Gasteiger partial charge in [0.2, 0.25) is 0 Å². The van der Waals surface area contributed by atoms with Crippen molar-refractivity contribution < 1.29 is 23.9 Å². The fraction of sp³-hybridized carbons (Fsp3) is 0.550. The third-order valence-corrected chi connectivity index (χ3v) is 4.69. The van der Waals surface area contributed by atoms with E-state index < -0.39 is 24.4 Å². The van der Waals surface area contributed by atoms with Crippen LogP contribution in [0.1, 0.15) is 61.7 Å². The van der Waals surface area contributed by atoms with Crippen LogP contribution in [-0.4, -0.2) is 31.5 Å². The Balaban J connectivity index is 1.62. The summed E-state index contributed by atoms with van der Waals surface area (Å²) in [6, 6.07) is 6.37. The molecule has 0 saturated heterocycles. The summed E-state index contributed by atoms with van der Waals surface area (Å²) in [6.45, 7) is -0.440. The van der Waals surface area contributed by atoms with Crippen molar-refractivity contribution in [2.24, 2.45) is 5.92 Å². The van der Waals surface area contributed by atoms with Gasteiger partial charge in [0.05, 0.1) is 7.11 Å². The summed E-state index contributed by atoms with van der Waals surface area (Å²) < 4.78 is 9.95. The SMILES string of the molecule is COc1ccc(C(=O)NC(=O)COC(=O)CCCC2CCCCC2)cc1. The van der Waals surface area contributed by atoms with E-state index in [0.717, 1.165) is 18.8 Å². The number of carbonyl (C=O) groups is 3. The predicted octanol–water partition coefficient (Wildman–Crippen LogP) is 3.25. The van der Waals surface area contributed by atoms with Crippen molar-refractivity contribution in [2.45, 2.75) is 51.4 Å². The van der Waals surface area contributed by atoms with Gasteiger partial charge in [-0.05, 0) is 43.0 Å². The highest BCUT2D eigenvalue weighted by atomic mass is 16.5. The molecule has 1 aromatic rings. The molecule has 0 atom stereocenters. The van der Waals surface area contributed by atoms with Crippen LogP contribution in [0.25, 0.3) is 0 Å². The van der Waals surface area contributed by atoms with Crippen LogP contribution in [0.4, 0.5) is 0 Å². The number of amides is 2. The molecule has 1 aliphatic carbocycles. The number of rotatable bonds is 8. The van der Waals surface area contributed by atoms with E-state index in [0.29, 0.717) is 17.7 Å². The second-order valence-corrected chi connectivity index (χ2v) is 6.66. The Kier molecular flexibility index (Phi) is 8.12. The van der Waals surface area contributed by atoms with Crippen molar-refractivity contribution in [3.8, 4) is 5.75 Å². The molecule has 0 heterocycles. The van der Waals surface area contributed by atoms with Gasteiger partial charge in [0.25, 0.3) is 11.8 Å². The van der Waals surface area contributed by atoms with Gasteiger partial charge >= 0.3 is 5.97 Å². The maximum atomic E-state index is 11.9. The first kappa shape index (κ1) is 19.9. The molecule has 1 aliphatic rings. The number of benzene rings is 1. The molecule has 0 unspecified atom stereocenters. The zero-order chi connectivity index (χ0) is 18.8. The van der Waals surface area contributed by atoms with E-state index in [2.05, 4.69) is 5.32 Å². The normalized spacial score (nSPS) is 14.5. The van der Waals surface area contributed by atoms with Gasteiger partial charge in [0, 0.05) is 12.0 Å². The van der Waals surface area contributed by atoms with Crippen molar-refractivity contribution in [3.63, 3.8) is 0 Å². The van der Waals surface area contributed by atoms with E-state index in [1.165, 1.54) is 39.2 Å². The summed E-state index contributed by atoms with van der Waals surface area (Å²) in [5.41, 5.74) is 0.331. The highest BCUT2D eigenvalue weighted by Gasteiger charge is 2.15. The lowest BCUT2D eigenvalue weighted by Crippen LogP contribution is -2.34. The lowest BCUT2D eigenvalue weighted by molar-refractivity contribution is -0.148. The van der Waals surface area contributed by atoms with Crippen LogP contribution in [0, 0.1) is 5.92 Å². The topological polar surface area (TPSA) is 81.7 Å². The monoisotopic (exact) mass is 361 g/mol. The zero-order valence-electron chi connectivity index (χ0n) is 15.3. The van der Waals surface area contributed by atoms with Crippen LogP contribution in [0.5, 0.6) is 5.75 Å². The van der Waals surface area contributed by atoms with E-state index in [-0.39, 0.29) is 0 Å². The molecule has 1 fully saturated rings. The number of hydrogen-bond acceptors (Lipinski definition) is 5. The minimum Gasteiger partial charge on any atom is -0.497 e. The Labute approximate surface area is 154 Å². The van der Waals surface area contributed by atoms with Gasteiger partial charge in [-0.25, -0.2) is 0 Å². The Morgan fingerprint density at radius 1 is 1.08 bits per heavy atom. The maximum Gasteiger partial charge on any atom is 0.306 e. The molecule has 1 aromatic carbocycles. The van der Waals surface area contributed by atoms with Gasteiger partial charge in [0.1, 0.15) is 5.75 Å². The van der Waals surface area contributed by atoms with E-state index in [1.807, 2.05) is 0 Å². The lowest BCUT2D eigenvalue weighted by atomic mass is 9.86. The average molecular weight is 361 g/mol. The number of methoxy groups -OCH3 is 1. The summed E-state index contributed by atoms with van der Waals surface area (Å²) in [7, 11) is 1.53. The Hall–Kier alpha value is -2.37. The molecule has 1 saturated carbocycles. The van der Waals surface area contributed by atoms with Gasteiger partial charge in [-0.15, -0.1) is 0 Å². The quantitative estimate of drug-likeness (QED) is 0.719. The third kappa shape index (κ3) is 6.86. The molecule has 142 valence electrons. The number of esters is 1. The molecular weight excluding hydrogens is 334 g/mol. The van der Waals surface area contributed by atoms with Crippen molar-refractivity contribution in [3.05, 3.63) is 29.8 Å². The molecule has 6 nitrogen and oxygen atoms in total. The highest BCUT2D eigenvalue weighted by Crippen LogP contribution is 2.27. The number of ether oxygens (including phenoxy) is 2. The summed E-state index contributed by atoms with van der Waals surface area (Å²) >= 11 is 0. The second-order valence-electron chi connectivity index (χ2n) is 6.66. The molecule has 0 bridgehead atoms. The van der Waals surface area contributed by atoms with E-state index in [9.17, 15) is 14.4 Å². The molecule has 0 radical (unpaired) electrons. The number of imide groups is 1. The summed E-state index contributed by atoms with van der Waals surface area (Å²) in [4.78, 5) is 35.4. The van der Waals surface area contributed by atoms with Crippen molar-refractivity contribution in [2.75, 3.05) is 13.7 Å². The van der Waals surface area contributed by atoms with Gasteiger partial charge in [-0.2, -0.15) is 0 Å². The fourth-order valence-electron chi connectivity index (χ4n) is 3.21. The maximum absolute atomic E-state index is 11.9. The standard InChI is InChI=1S/C20H27NO5/c1-25-17-12-10-16(11-13-17)20(24)21-18(22)14-26-19(23)9-5-8-15-6-3-2-4-7-15/h10-13,15H,2-9,14H2,1H3,(H,21,22,24). The van der Waals surface area contributed by atoms with Gasteiger partial charge in [-0.1, -0.05) is 32.1 Å². The summed E-state index contributed by atoms with van der Waals surface area (Å²) in [5.74, 6) is -0.220. The highest BCUT2D eigenvalue weighted by molar-refractivity contribution is 6.05. The molecule has 6 heteroatoms. The zero-order valence-corrected chi connectivity index (χ0v) is 15.3. The van der Waals surface area contributed by atoms with Crippen molar-refractivity contribution in [1.29, 1.82) is 0 Å². The molecule has 0 aromatic heterocycles. The fourth-order valence-corrected chi connectivity index (χ4v) is 3.21. The average Bonchev–Trinajstić information content (AvgIpc) is 2.67. The Morgan fingerprint density at radius 2 is 1.77 bits per heavy atom. The number of carbonyl (C=O) groups excluding carboxylic acids is 3. The van der Waals surface area contributed by atoms with Crippen molar-refractivity contribution >= 4 is 17.8 Å². The van der Waals surface area contributed by atoms with Crippen LogP contribution in [-0.2, 0) is 14.3 Å². The van der Waals surface area contributed by atoms with Crippen LogP contribution >= 0.6 is 0 Å². The van der Waals surface area contributed by atoms with Crippen LogP contribution < -0.4 is 10.1 Å². The van der Waals surface area contributed by atoms with Gasteiger partial charge in [-0.3, -0.25) is 19.7 Å². The largest absolute Gasteiger partial charge is 0.497 e. The predicted molar refractivity (Wildman–Crippen MR) is 96.9 cm³/mol. The molecule has 2 amide bonds. The Morgan fingerprint density at radius 3 is 2.42 bits per heavy atom. The Bertz CT molecular complexity index is 605.